The van der Waals surface area contributed by atoms with Crippen LogP contribution in [-0.2, 0) is 27.4 Å². The van der Waals surface area contributed by atoms with Crippen LogP contribution in [-0.4, -0.2) is 53.8 Å². The van der Waals surface area contributed by atoms with E-state index in [1.807, 2.05) is 6.07 Å². The summed E-state index contributed by atoms with van der Waals surface area (Å²) in [4.78, 5) is 25.7. The number of methoxy groups -OCH3 is 2. The van der Waals surface area contributed by atoms with Crippen LogP contribution >= 0.6 is 0 Å². The van der Waals surface area contributed by atoms with Crippen molar-refractivity contribution >= 4 is 33.2 Å². The summed E-state index contributed by atoms with van der Waals surface area (Å²) in [5.74, 6) is -0.224. The van der Waals surface area contributed by atoms with Gasteiger partial charge in [-0.2, -0.15) is 13.2 Å². The zero-order chi connectivity index (χ0) is 29.5. The minimum Gasteiger partial charge on any atom is -0.493 e. The van der Waals surface area contributed by atoms with Crippen molar-refractivity contribution < 1.29 is 40.7 Å². The second kappa shape index (κ2) is 12.7. The van der Waals surface area contributed by atoms with Gasteiger partial charge in [0.1, 0.15) is 6.54 Å². The first-order valence-corrected chi connectivity index (χ1v) is 13.7. The number of carbonyl (C=O) groups excluding carboxylic acids is 2. The molecule has 0 aromatic heterocycles. The first-order chi connectivity index (χ1) is 18.8. The number of nitrogens with one attached hydrogen (secondary N) is 2. The fourth-order valence-electron chi connectivity index (χ4n) is 3.80. The minimum absolute atomic E-state index is 0.105. The van der Waals surface area contributed by atoms with E-state index in [-0.39, 0.29) is 23.5 Å². The van der Waals surface area contributed by atoms with Gasteiger partial charge in [0.25, 0.3) is 5.91 Å². The van der Waals surface area contributed by atoms with Gasteiger partial charge in [-0.15, -0.1) is 0 Å². The Morgan fingerprint density at radius 3 is 2.27 bits per heavy atom. The second-order valence-electron chi connectivity index (χ2n) is 8.61. The zero-order valence-electron chi connectivity index (χ0n) is 21.9. The van der Waals surface area contributed by atoms with E-state index < -0.39 is 40.1 Å². The van der Waals surface area contributed by atoms with Gasteiger partial charge in [0.05, 0.1) is 43.0 Å². The first kappa shape index (κ1) is 30.3. The normalized spacial score (nSPS) is 11.4. The van der Waals surface area contributed by atoms with Gasteiger partial charge in [0, 0.05) is 6.54 Å². The Balaban J connectivity index is 1.70. The summed E-state index contributed by atoms with van der Waals surface area (Å²) < 4.78 is 75.2. The summed E-state index contributed by atoms with van der Waals surface area (Å²) >= 11 is 0. The number of sulfonamides is 1. The molecular weight excluding hydrogens is 551 g/mol. The van der Waals surface area contributed by atoms with Crippen LogP contribution < -0.4 is 24.4 Å². The molecule has 0 saturated heterocycles. The Labute approximate surface area is 229 Å². The van der Waals surface area contributed by atoms with Gasteiger partial charge < -0.3 is 20.1 Å². The van der Waals surface area contributed by atoms with Gasteiger partial charge in [0.2, 0.25) is 15.9 Å². The summed E-state index contributed by atoms with van der Waals surface area (Å²) in [5, 5.41) is 5.25. The number of rotatable bonds is 11. The van der Waals surface area contributed by atoms with Crippen LogP contribution in [0, 0.1) is 0 Å². The molecule has 0 heterocycles. The number of alkyl halides is 3. The van der Waals surface area contributed by atoms with Gasteiger partial charge in [-0.05, 0) is 54.4 Å². The molecule has 0 atom stereocenters. The molecule has 3 rings (SSSR count). The Kier molecular flexibility index (Phi) is 9.64. The highest BCUT2D eigenvalue weighted by Crippen LogP contribution is 2.32. The van der Waals surface area contributed by atoms with Crippen molar-refractivity contribution in [2.45, 2.75) is 12.6 Å². The van der Waals surface area contributed by atoms with Crippen molar-refractivity contribution in [2.24, 2.45) is 0 Å². The van der Waals surface area contributed by atoms with E-state index in [0.29, 0.717) is 28.3 Å². The Hall–Kier alpha value is -4.26. The third-order valence-corrected chi connectivity index (χ3v) is 6.88. The molecule has 40 heavy (non-hydrogen) atoms. The molecule has 2 amide bonds. The number of anilines is 2. The molecule has 0 unspecified atom stereocenters. The summed E-state index contributed by atoms with van der Waals surface area (Å²) in [7, 11) is -1.09. The lowest BCUT2D eigenvalue weighted by Crippen LogP contribution is -2.38. The van der Waals surface area contributed by atoms with Gasteiger partial charge in [-0.3, -0.25) is 13.9 Å². The number of hydrogen-bond donors (Lipinski definition) is 2. The fourth-order valence-corrected chi connectivity index (χ4v) is 4.65. The van der Waals surface area contributed by atoms with E-state index in [0.717, 1.165) is 30.0 Å². The van der Waals surface area contributed by atoms with E-state index >= 15 is 0 Å². The number of carbonyl (C=O) groups is 2. The number of hydrogen-bond acceptors (Lipinski definition) is 6. The van der Waals surface area contributed by atoms with Crippen LogP contribution in [0.2, 0.25) is 0 Å². The molecule has 0 aliphatic carbocycles. The van der Waals surface area contributed by atoms with Crippen molar-refractivity contribution in [1.29, 1.82) is 0 Å². The quantitative estimate of drug-likeness (QED) is 0.354. The van der Waals surface area contributed by atoms with Crippen LogP contribution in [0.1, 0.15) is 21.5 Å². The third kappa shape index (κ3) is 7.88. The molecule has 0 aliphatic heterocycles. The van der Waals surface area contributed by atoms with Crippen LogP contribution in [0.25, 0.3) is 0 Å². The Morgan fingerprint density at radius 1 is 0.925 bits per heavy atom. The van der Waals surface area contributed by atoms with Crippen LogP contribution in [0.5, 0.6) is 11.5 Å². The van der Waals surface area contributed by atoms with E-state index in [1.165, 1.54) is 26.4 Å². The highest BCUT2D eigenvalue weighted by atomic mass is 32.2. The molecule has 0 aliphatic rings. The van der Waals surface area contributed by atoms with E-state index in [1.54, 1.807) is 24.3 Å². The molecule has 3 aromatic rings. The van der Waals surface area contributed by atoms with Gasteiger partial charge in [-0.1, -0.05) is 24.3 Å². The average molecular weight is 580 g/mol. The van der Waals surface area contributed by atoms with Crippen molar-refractivity contribution in [3.63, 3.8) is 0 Å². The molecule has 9 nitrogen and oxygen atoms in total. The predicted molar refractivity (Wildman–Crippen MR) is 144 cm³/mol. The Bertz CT molecular complexity index is 1480. The minimum atomic E-state index is -4.70. The standard InChI is InChI=1S/C27H28F3N3O6S/c1-38-23-12-11-18(15-24(23)39-2)13-14-31-26(35)21-9-4-5-10-22(21)32-25(34)17-33(40(3,36)37)20-8-6-7-19(16-20)27(28,29)30/h4-12,15-16H,13-14,17H2,1-3H3,(H,31,35)(H,32,34). The summed E-state index contributed by atoms with van der Waals surface area (Å²) in [6.45, 7) is -0.552. The maximum atomic E-state index is 13.2. The number of ether oxygens (including phenoxy) is 2. The SMILES string of the molecule is COc1ccc(CCNC(=O)c2ccccc2NC(=O)CN(c2cccc(C(F)(F)F)c2)S(C)(=O)=O)cc1OC. The Morgan fingerprint density at radius 2 is 1.62 bits per heavy atom. The fraction of sp³-hybridized carbons (Fsp3) is 0.259. The van der Waals surface area contributed by atoms with E-state index in [4.69, 9.17) is 9.47 Å². The average Bonchev–Trinajstić information content (AvgIpc) is 2.90. The van der Waals surface area contributed by atoms with Crippen molar-refractivity contribution in [2.75, 3.05) is 43.2 Å². The van der Waals surface area contributed by atoms with Crippen molar-refractivity contribution in [3.05, 3.63) is 83.4 Å². The zero-order valence-corrected chi connectivity index (χ0v) is 22.7. The number of halogens is 3. The van der Waals surface area contributed by atoms with E-state index in [2.05, 4.69) is 10.6 Å². The lowest BCUT2D eigenvalue weighted by molar-refractivity contribution is -0.137. The topological polar surface area (TPSA) is 114 Å². The summed E-state index contributed by atoms with van der Waals surface area (Å²) in [6, 6.07) is 15.1. The monoisotopic (exact) mass is 579 g/mol. The molecule has 0 radical (unpaired) electrons. The van der Waals surface area contributed by atoms with Crippen LogP contribution in [0.3, 0.4) is 0 Å². The molecular formula is C27H28F3N3O6S. The molecule has 0 fully saturated rings. The van der Waals surface area contributed by atoms with Crippen molar-refractivity contribution in [3.8, 4) is 11.5 Å². The van der Waals surface area contributed by atoms with Crippen LogP contribution in [0.15, 0.2) is 66.7 Å². The number of benzene rings is 3. The summed E-state index contributed by atoms with van der Waals surface area (Å²) in [6.07, 6.45) is -3.45. The highest BCUT2D eigenvalue weighted by molar-refractivity contribution is 7.92. The van der Waals surface area contributed by atoms with Gasteiger partial charge >= 0.3 is 6.18 Å². The highest BCUT2D eigenvalue weighted by Gasteiger charge is 2.32. The number of nitrogens with zero attached hydrogens (tertiary/aromatic N) is 1. The van der Waals surface area contributed by atoms with Crippen LogP contribution in [0.4, 0.5) is 24.5 Å². The number of amides is 2. The maximum Gasteiger partial charge on any atom is 0.416 e. The largest absolute Gasteiger partial charge is 0.493 e. The smallest absolute Gasteiger partial charge is 0.416 e. The molecule has 0 bridgehead atoms. The molecule has 0 spiro atoms. The lowest BCUT2D eigenvalue weighted by atomic mass is 10.1. The maximum absolute atomic E-state index is 13.2. The molecule has 0 saturated carbocycles. The molecule has 13 heteroatoms. The van der Waals surface area contributed by atoms with Crippen molar-refractivity contribution in [1.82, 2.24) is 5.32 Å². The second-order valence-corrected chi connectivity index (χ2v) is 10.5. The number of para-hydroxylation sites is 1. The first-order valence-electron chi connectivity index (χ1n) is 11.9. The van der Waals surface area contributed by atoms with Gasteiger partial charge in [0.15, 0.2) is 11.5 Å². The summed E-state index contributed by atoms with van der Waals surface area (Å²) in [5.41, 5.74) is -0.278. The van der Waals surface area contributed by atoms with Gasteiger partial charge in [-0.25, -0.2) is 8.42 Å². The van der Waals surface area contributed by atoms with E-state index in [9.17, 15) is 31.2 Å². The molecule has 3 aromatic carbocycles. The third-order valence-electron chi connectivity index (χ3n) is 5.74. The predicted octanol–water partition coefficient (Wildman–Crippen LogP) is 4.10. The lowest BCUT2D eigenvalue weighted by Gasteiger charge is -2.23. The molecule has 214 valence electrons. The molecule has 2 N–H and O–H groups in total.